The first-order valence-electron chi connectivity index (χ1n) is 6.37. The fourth-order valence-electron chi connectivity index (χ4n) is 2.01. The van der Waals surface area contributed by atoms with Crippen molar-refractivity contribution in [2.24, 2.45) is 0 Å². The Kier molecular flexibility index (Phi) is 4.37. The average molecular weight is 324 g/mol. The van der Waals surface area contributed by atoms with Crippen molar-refractivity contribution in [3.05, 3.63) is 29.0 Å². The molecule has 2 aromatic heterocycles. The number of halogens is 1. The van der Waals surface area contributed by atoms with E-state index in [1.165, 1.54) is 0 Å². The summed E-state index contributed by atoms with van der Waals surface area (Å²) < 4.78 is 0.915. The number of rotatable bonds is 5. The van der Waals surface area contributed by atoms with Crippen LogP contribution in [0.4, 0.5) is 5.69 Å². The van der Waals surface area contributed by atoms with E-state index >= 15 is 0 Å². The summed E-state index contributed by atoms with van der Waals surface area (Å²) >= 11 is 3.40. The number of fused-ring (bicyclic) bond motifs is 1. The predicted molar refractivity (Wildman–Crippen MR) is 81.3 cm³/mol. The molecule has 0 saturated carbocycles. The molecule has 1 atom stereocenters. The van der Waals surface area contributed by atoms with E-state index in [0.717, 1.165) is 27.6 Å². The molecule has 0 aliphatic heterocycles. The molecule has 0 amide bonds. The van der Waals surface area contributed by atoms with Crippen LogP contribution < -0.4 is 5.32 Å². The van der Waals surface area contributed by atoms with Gasteiger partial charge in [0.15, 0.2) is 0 Å². The number of aromatic nitrogens is 2. The van der Waals surface area contributed by atoms with Crippen LogP contribution in [0.2, 0.25) is 0 Å². The topological polar surface area (TPSA) is 58.0 Å². The summed E-state index contributed by atoms with van der Waals surface area (Å²) in [6.07, 6.45) is 5.16. The van der Waals surface area contributed by atoms with E-state index in [1.807, 2.05) is 12.1 Å². The maximum absolute atomic E-state index is 9.19. The molecule has 2 rings (SSSR count). The minimum atomic E-state index is -0.141. The quantitative estimate of drug-likeness (QED) is 0.885. The Bertz CT molecular complexity index is 576. The van der Waals surface area contributed by atoms with Crippen molar-refractivity contribution in [2.75, 3.05) is 11.9 Å². The zero-order valence-corrected chi connectivity index (χ0v) is 12.7. The smallest absolute Gasteiger partial charge is 0.112 e. The SMILES string of the molecule is CCC(C)(CCO)Nc1ccnc2cc(Br)cnc12. The summed E-state index contributed by atoms with van der Waals surface area (Å²) in [7, 11) is 0. The molecule has 4 nitrogen and oxygen atoms in total. The van der Waals surface area contributed by atoms with Crippen LogP contribution in [0, 0.1) is 0 Å². The van der Waals surface area contributed by atoms with E-state index < -0.39 is 0 Å². The Morgan fingerprint density at radius 3 is 2.89 bits per heavy atom. The molecule has 1 unspecified atom stereocenters. The average Bonchev–Trinajstić information content (AvgIpc) is 2.39. The van der Waals surface area contributed by atoms with Gasteiger partial charge in [-0.2, -0.15) is 0 Å². The molecule has 0 aliphatic carbocycles. The molecule has 2 N–H and O–H groups in total. The molecular weight excluding hydrogens is 306 g/mol. The minimum absolute atomic E-state index is 0.141. The first-order valence-corrected chi connectivity index (χ1v) is 7.16. The first kappa shape index (κ1) is 14.2. The van der Waals surface area contributed by atoms with E-state index in [9.17, 15) is 5.11 Å². The Morgan fingerprint density at radius 1 is 1.42 bits per heavy atom. The van der Waals surface area contributed by atoms with E-state index in [0.29, 0.717) is 6.42 Å². The number of hydrogen-bond acceptors (Lipinski definition) is 4. The highest BCUT2D eigenvalue weighted by molar-refractivity contribution is 9.10. The molecule has 2 heterocycles. The Hall–Kier alpha value is -1.20. The first-order chi connectivity index (χ1) is 9.08. The molecule has 0 fully saturated rings. The van der Waals surface area contributed by atoms with E-state index in [4.69, 9.17) is 0 Å². The molecular formula is C14H18BrN3O. The number of hydrogen-bond donors (Lipinski definition) is 2. The second kappa shape index (κ2) is 5.84. The van der Waals surface area contributed by atoms with Gasteiger partial charge in [0.1, 0.15) is 5.52 Å². The van der Waals surface area contributed by atoms with Crippen LogP contribution in [0.15, 0.2) is 29.0 Å². The molecule has 0 radical (unpaired) electrons. The number of pyridine rings is 2. The van der Waals surface area contributed by atoms with Crippen LogP contribution in [0.3, 0.4) is 0 Å². The van der Waals surface area contributed by atoms with Gasteiger partial charge in [0.05, 0.1) is 11.2 Å². The van der Waals surface area contributed by atoms with Gasteiger partial charge in [-0.1, -0.05) is 6.92 Å². The fourth-order valence-corrected chi connectivity index (χ4v) is 2.33. The third kappa shape index (κ3) is 3.22. The molecule has 0 aromatic carbocycles. The highest BCUT2D eigenvalue weighted by Gasteiger charge is 2.22. The lowest BCUT2D eigenvalue weighted by Crippen LogP contribution is -2.35. The number of anilines is 1. The highest BCUT2D eigenvalue weighted by Crippen LogP contribution is 2.27. The van der Waals surface area contributed by atoms with Crippen LogP contribution in [-0.4, -0.2) is 27.2 Å². The van der Waals surface area contributed by atoms with Gasteiger partial charge < -0.3 is 10.4 Å². The summed E-state index contributed by atoms with van der Waals surface area (Å²) in [5.74, 6) is 0. The van der Waals surface area contributed by atoms with Gasteiger partial charge in [0, 0.05) is 29.0 Å². The molecule has 0 spiro atoms. The van der Waals surface area contributed by atoms with E-state index in [2.05, 4.69) is 45.1 Å². The lowest BCUT2D eigenvalue weighted by atomic mass is 9.94. The molecule has 0 saturated heterocycles. The molecule has 0 aliphatic rings. The van der Waals surface area contributed by atoms with Crippen LogP contribution in [0.25, 0.3) is 11.0 Å². The lowest BCUT2D eigenvalue weighted by molar-refractivity contribution is 0.252. The number of nitrogens with zero attached hydrogens (tertiary/aromatic N) is 2. The zero-order chi connectivity index (χ0) is 13.9. The Labute approximate surface area is 121 Å². The van der Waals surface area contributed by atoms with Crippen molar-refractivity contribution in [1.82, 2.24) is 9.97 Å². The number of nitrogens with one attached hydrogen (secondary N) is 1. The largest absolute Gasteiger partial charge is 0.396 e. The van der Waals surface area contributed by atoms with Crippen molar-refractivity contribution < 1.29 is 5.11 Å². The molecule has 102 valence electrons. The Morgan fingerprint density at radius 2 is 2.21 bits per heavy atom. The molecule has 5 heteroatoms. The van der Waals surface area contributed by atoms with Crippen molar-refractivity contribution in [3.8, 4) is 0 Å². The van der Waals surface area contributed by atoms with Crippen molar-refractivity contribution >= 4 is 32.7 Å². The van der Waals surface area contributed by atoms with Gasteiger partial charge in [-0.3, -0.25) is 9.97 Å². The van der Waals surface area contributed by atoms with Crippen LogP contribution in [0.1, 0.15) is 26.7 Å². The molecule has 19 heavy (non-hydrogen) atoms. The van der Waals surface area contributed by atoms with Crippen molar-refractivity contribution in [1.29, 1.82) is 0 Å². The van der Waals surface area contributed by atoms with Crippen LogP contribution in [0.5, 0.6) is 0 Å². The summed E-state index contributed by atoms with van der Waals surface area (Å²) in [6, 6.07) is 3.87. The van der Waals surface area contributed by atoms with E-state index in [-0.39, 0.29) is 12.1 Å². The van der Waals surface area contributed by atoms with Crippen LogP contribution >= 0.6 is 15.9 Å². The zero-order valence-electron chi connectivity index (χ0n) is 11.2. The standard InChI is InChI=1S/C14H18BrN3O/c1-3-14(2,5-7-19)18-11-4-6-16-12-8-10(15)9-17-13(11)12/h4,6,8-9,19H,3,5,7H2,1-2H3,(H,16,18). The third-order valence-corrected chi connectivity index (χ3v) is 3.86. The van der Waals surface area contributed by atoms with Gasteiger partial charge in [-0.25, -0.2) is 0 Å². The maximum Gasteiger partial charge on any atom is 0.112 e. The Balaban J connectivity index is 2.40. The number of aliphatic hydroxyl groups excluding tert-OH is 1. The number of aliphatic hydroxyl groups is 1. The summed E-state index contributed by atoms with van der Waals surface area (Å²) in [4.78, 5) is 8.75. The van der Waals surface area contributed by atoms with Gasteiger partial charge in [0.2, 0.25) is 0 Å². The second-order valence-corrected chi connectivity index (χ2v) is 5.81. The summed E-state index contributed by atoms with van der Waals surface area (Å²) in [5.41, 5.74) is 2.51. The molecule has 0 bridgehead atoms. The predicted octanol–water partition coefficient (Wildman–Crippen LogP) is 3.36. The second-order valence-electron chi connectivity index (χ2n) is 4.89. The maximum atomic E-state index is 9.19. The summed E-state index contributed by atoms with van der Waals surface area (Å²) in [5, 5.41) is 12.7. The summed E-state index contributed by atoms with van der Waals surface area (Å²) in [6.45, 7) is 4.38. The van der Waals surface area contributed by atoms with Gasteiger partial charge >= 0.3 is 0 Å². The fraction of sp³-hybridized carbons (Fsp3) is 0.429. The van der Waals surface area contributed by atoms with E-state index in [1.54, 1.807) is 12.4 Å². The van der Waals surface area contributed by atoms with Gasteiger partial charge in [-0.05, 0) is 47.8 Å². The van der Waals surface area contributed by atoms with Gasteiger partial charge in [-0.15, -0.1) is 0 Å². The van der Waals surface area contributed by atoms with Crippen LogP contribution in [-0.2, 0) is 0 Å². The highest BCUT2D eigenvalue weighted by atomic mass is 79.9. The molecule has 2 aromatic rings. The monoisotopic (exact) mass is 323 g/mol. The minimum Gasteiger partial charge on any atom is -0.396 e. The normalized spacial score (nSPS) is 14.3. The van der Waals surface area contributed by atoms with Crippen molar-refractivity contribution in [3.63, 3.8) is 0 Å². The lowest BCUT2D eigenvalue weighted by Gasteiger charge is -2.30. The third-order valence-electron chi connectivity index (χ3n) is 3.42. The van der Waals surface area contributed by atoms with Gasteiger partial charge in [0.25, 0.3) is 0 Å². The van der Waals surface area contributed by atoms with Crippen molar-refractivity contribution in [2.45, 2.75) is 32.2 Å².